The van der Waals surface area contributed by atoms with Crippen molar-refractivity contribution in [1.82, 2.24) is 19.7 Å². The fourth-order valence-corrected chi connectivity index (χ4v) is 3.00. The number of rotatable bonds is 9. The van der Waals surface area contributed by atoms with E-state index in [0.717, 1.165) is 0 Å². The van der Waals surface area contributed by atoms with E-state index in [1.54, 1.807) is 37.6 Å². The summed E-state index contributed by atoms with van der Waals surface area (Å²) in [5, 5.41) is 9.92. The van der Waals surface area contributed by atoms with Gasteiger partial charge >= 0.3 is 0 Å². The van der Waals surface area contributed by atoms with Gasteiger partial charge in [0.05, 0.1) is 24.2 Å². The van der Waals surface area contributed by atoms with Gasteiger partial charge in [0.2, 0.25) is 5.89 Å². The second kappa shape index (κ2) is 9.75. The minimum Gasteiger partial charge on any atom is -0.444 e. The van der Waals surface area contributed by atoms with Crippen molar-refractivity contribution in [2.24, 2.45) is 5.73 Å². The second-order valence-electron chi connectivity index (χ2n) is 6.88. The highest BCUT2D eigenvalue weighted by atomic mass is 16.5. The van der Waals surface area contributed by atoms with Gasteiger partial charge in [-0.3, -0.25) is 9.59 Å². The Morgan fingerprint density at radius 2 is 2.03 bits per heavy atom. The fraction of sp³-hybridized carbons (Fsp3) is 0.136. The number of pyridine rings is 1. The zero-order valence-electron chi connectivity index (χ0n) is 17.7. The molecule has 0 atom stereocenters. The van der Waals surface area contributed by atoms with Gasteiger partial charge in [0.1, 0.15) is 12.1 Å². The molecule has 11 nitrogen and oxygen atoms in total. The summed E-state index contributed by atoms with van der Waals surface area (Å²) >= 11 is 0. The lowest BCUT2D eigenvalue weighted by Gasteiger charge is -2.05. The molecule has 3 heterocycles. The first-order chi connectivity index (χ1) is 16.0. The largest absolute Gasteiger partial charge is 0.444 e. The maximum atomic E-state index is 12.8. The SMILES string of the molecule is COCCNc1cc(-c2nc(C(=O)Nc3cn(-c4ccccc4)nc3C(N)=O)co2)ccn1. The van der Waals surface area contributed by atoms with E-state index in [1.807, 2.05) is 18.2 Å². The molecule has 0 saturated carbocycles. The number of benzene rings is 1. The van der Waals surface area contributed by atoms with Crippen LogP contribution >= 0.6 is 0 Å². The molecule has 168 valence electrons. The molecule has 1 aromatic carbocycles. The number of aromatic nitrogens is 4. The third kappa shape index (κ3) is 5.05. The van der Waals surface area contributed by atoms with Crippen molar-refractivity contribution in [2.45, 2.75) is 0 Å². The number of nitrogens with one attached hydrogen (secondary N) is 2. The normalized spacial score (nSPS) is 10.7. The van der Waals surface area contributed by atoms with Gasteiger partial charge in [0.15, 0.2) is 11.4 Å². The number of amides is 2. The van der Waals surface area contributed by atoms with E-state index < -0.39 is 11.8 Å². The van der Waals surface area contributed by atoms with Crippen LogP contribution in [0.25, 0.3) is 17.1 Å². The Morgan fingerprint density at radius 3 is 2.79 bits per heavy atom. The smallest absolute Gasteiger partial charge is 0.277 e. The number of primary amides is 1. The number of ether oxygens (including phenoxy) is 1. The summed E-state index contributed by atoms with van der Waals surface area (Å²) in [6.45, 7) is 1.12. The van der Waals surface area contributed by atoms with Crippen LogP contribution in [0.3, 0.4) is 0 Å². The molecule has 33 heavy (non-hydrogen) atoms. The van der Waals surface area contributed by atoms with Gasteiger partial charge in [0.25, 0.3) is 11.8 Å². The van der Waals surface area contributed by atoms with Gasteiger partial charge in [0, 0.05) is 25.4 Å². The molecule has 0 spiro atoms. The van der Waals surface area contributed by atoms with E-state index in [9.17, 15) is 9.59 Å². The molecule has 4 N–H and O–H groups in total. The molecular weight excluding hydrogens is 426 g/mol. The number of hydrogen-bond donors (Lipinski definition) is 3. The number of para-hydroxylation sites is 1. The predicted molar refractivity (Wildman–Crippen MR) is 120 cm³/mol. The third-order valence-electron chi connectivity index (χ3n) is 4.57. The summed E-state index contributed by atoms with van der Waals surface area (Å²) in [5.74, 6) is -0.487. The van der Waals surface area contributed by atoms with Crippen LogP contribution < -0.4 is 16.4 Å². The van der Waals surface area contributed by atoms with Gasteiger partial charge in [-0.25, -0.2) is 14.6 Å². The summed E-state index contributed by atoms with van der Waals surface area (Å²) < 4.78 is 11.9. The summed E-state index contributed by atoms with van der Waals surface area (Å²) in [7, 11) is 1.62. The number of anilines is 2. The Hall–Kier alpha value is -4.51. The molecule has 0 aliphatic heterocycles. The van der Waals surface area contributed by atoms with E-state index in [1.165, 1.54) is 17.1 Å². The van der Waals surface area contributed by atoms with Crippen molar-refractivity contribution in [3.63, 3.8) is 0 Å². The van der Waals surface area contributed by atoms with Crippen molar-refractivity contribution < 1.29 is 18.7 Å². The first-order valence-electron chi connectivity index (χ1n) is 9.96. The quantitative estimate of drug-likeness (QED) is 0.331. The summed E-state index contributed by atoms with van der Waals surface area (Å²) in [6.07, 6.45) is 4.34. The molecule has 3 aromatic heterocycles. The summed E-state index contributed by atoms with van der Waals surface area (Å²) in [6, 6.07) is 12.6. The number of methoxy groups -OCH3 is 1. The Morgan fingerprint density at radius 1 is 1.21 bits per heavy atom. The molecule has 11 heteroatoms. The molecule has 0 aliphatic rings. The van der Waals surface area contributed by atoms with Crippen LogP contribution in [0.4, 0.5) is 11.5 Å². The molecule has 0 aliphatic carbocycles. The monoisotopic (exact) mass is 447 g/mol. The van der Waals surface area contributed by atoms with Gasteiger partial charge < -0.3 is 25.5 Å². The zero-order chi connectivity index (χ0) is 23.2. The average molecular weight is 447 g/mol. The molecule has 0 fully saturated rings. The van der Waals surface area contributed by atoms with Crippen LogP contribution in [0.15, 0.2) is 65.5 Å². The standard InChI is InChI=1S/C22H21N7O4/c1-32-10-9-25-18-11-14(7-8-24-18)22-27-17(13-33-22)21(31)26-16-12-29(28-19(16)20(23)30)15-5-3-2-4-6-15/h2-8,11-13H,9-10H2,1H3,(H2,23,30)(H,24,25)(H,26,31). The van der Waals surface area contributed by atoms with E-state index in [-0.39, 0.29) is 23.0 Å². The Kier molecular flexibility index (Phi) is 6.41. The van der Waals surface area contributed by atoms with Crippen molar-refractivity contribution in [1.29, 1.82) is 0 Å². The van der Waals surface area contributed by atoms with Crippen LogP contribution in [0.2, 0.25) is 0 Å². The predicted octanol–water partition coefficient (Wildman–Crippen LogP) is 2.33. The average Bonchev–Trinajstić information content (AvgIpc) is 3.48. The van der Waals surface area contributed by atoms with Crippen LogP contribution in [0.5, 0.6) is 0 Å². The van der Waals surface area contributed by atoms with Crippen molar-refractivity contribution in [3.8, 4) is 17.1 Å². The van der Waals surface area contributed by atoms with Crippen molar-refractivity contribution >= 4 is 23.3 Å². The topological polar surface area (TPSA) is 150 Å². The first kappa shape index (κ1) is 21.7. The zero-order valence-corrected chi connectivity index (χ0v) is 17.7. The molecule has 0 unspecified atom stereocenters. The number of hydrogen-bond acceptors (Lipinski definition) is 8. The molecule has 0 saturated heterocycles. The molecular formula is C22H21N7O4. The lowest BCUT2D eigenvalue weighted by atomic mass is 10.2. The lowest BCUT2D eigenvalue weighted by molar-refractivity contribution is 0.0996. The third-order valence-corrected chi connectivity index (χ3v) is 4.57. The number of carbonyl (C=O) groups excluding carboxylic acids is 2. The Bertz CT molecular complexity index is 1270. The second-order valence-corrected chi connectivity index (χ2v) is 6.88. The molecule has 4 rings (SSSR count). The highest BCUT2D eigenvalue weighted by Gasteiger charge is 2.20. The number of nitrogens with two attached hydrogens (primary N) is 1. The van der Waals surface area contributed by atoms with Crippen LogP contribution in [0, 0.1) is 0 Å². The fourth-order valence-electron chi connectivity index (χ4n) is 3.00. The maximum Gasteiger partial charge on any atom is 0.277 e. The van der Waals surface area contributed by atoms with Crippen molar-refractivity contribution in [2.75, 3.05) is 30.9 Å². The van der Waals surface area contributed by atoms with Crippen molar-refractivity contribution in [3.05, 3.63) is 72.5 Å². The Balaban J connectivity index is 1.52. The van der Waals surface area contributed by atoms with Gasteiger partial charge in [-0.15, -0.1) is 0 Å². The summed E-state index contributed by atoms with van der Waals surface area (Å²) in [5.41, 5.74) is 6.90. The molecule has 0 radical (unpaired) electrons. The maximum absolute atomic E-state index is 12.8. The van der Waals surface area contributed by atoms with Crippen LogP contribution in [-0.2, 0) is 4.74 Å². The minimum absolute atomic E-state index is 0.0265. The number of oxazole rings is 1. The summed E-state index contributed by atoms with van der Waals surface area (Å²) in [4.78, 5) is 33.1. The molecule has 4 aromatic rings. The van der Waals surface area contributed by atoms with E-state index in [4.69, 9.17) is 14.9 Å². The van der Waals surface area contributed by atoms with Crippen LogP contribution in [0.1, 0.15) is 21.0 Å². The number of carbonyl (C=O) groups is 2. The van der Waals surface area contributed by atoms with E-state index >= 15 is 0 Å². The highest BCUT2D eigenvalue weighted by Crippen LogP contribution is 2.22. The number of nitrogens with zero attached hydrogens (tertiary/aromatic N) is 4. The Labute approximate surface area is 188 Å². The van der Waals surface area contributed by atoms with E-state index in [2.05, 4.69) is 25.7 Å². The lowest BCUT2D eigenvalue weighted by Crippen LogP contribution is -2.18. The van der Waals surface area contributed by atoms with Gasteiger partial charge in [-0.2, -0.15) is 5.10 Å². The van der Waals surface area contributed by atoms with E-state index in [0.29, 0.717) is 30.2 Å². The first-order valence-corrected chi connectivity index (χ1v) is 9.96. The highest BCUT2D eigenvalue weighted by molar-refractivity contribution is 6.07. The van der Waals surface area contributed by atoms with Gasteiger partial charge in [-0.05, 0) is 24.3 Å². The molecule has 2 amide bonds. The molecule has 0 bridgehead atoms. The minimum atomic E-state index is -0.772. The van der Waals surface area contributed by atoms with Crippen LogP contribution in [-0.4, -0.2) is 51.8 Å². The van der Waals surface area contributed by atoms with Gasteiger partial charge in [-0.1, -0.05) is 18.2 Å².